The van der Waals surface area contributed by atoms with Gasteiger partial charge < -0.3 is 9.88 Å². The smallest absolute Gasteiger partial charge is 0.242 e. The van der Waals surface area contributed by atoms with Gasteiger partial charge in [-0.1, -0.05) is 30.3 Å². The van der Waals surface area contributed by atoms with Crippen LogP contribution in [0.25, 0.3) is 11.0 Å². The molecular formula is C20H26N4O2S. The minimum Gasteiger partial charge on any atom is -0.327 e. The highest BCUT2D eigenvalue weighted by molar-refractivity contribution is 7.89. The van der Waals surface area contributed by atoms with Crippen molar-refractivity contribution in [1.82, 2.24) is 19.2 Å². The molecule has 0 saturated heterocycles. The van der Waals surface area contributed by atoms with E-state index in [4.69, 9.17) is 4.98 Å². The number of sulfonamides is 1. The zero-order valence-corrected chi connectivity index (χ0v) is 17.0. The predicted octanol–water partition coefficient (Wildman–Crippen LogP) is 3.16. The Kier molecular flexibility index (Phi) is 5.64. The van der Waals surface area contributed by atoms with Crippen molar-refractivity contribution in [2.75, 3.05) is 14.1 Å². The van der Waals surface area contributed by atoms with Crippen molar-refractivity contribution in [2.45, 2.75) is 37.9 Å². The molecule has 0 spiro atoms. The molecule has 144 valence electrons. The minimum absolute atomic E-state index is 0.195. The highest BCUT2D eigenvalue weighted by Crippen LogP contribution is 2.22. The van der Waals surface area contributed by atoms with Gasteiger partial charge in [-0.15, -0.1) is 0 Å². The van der Waals surface area contributed by atoms with Crippen LogP contribution in [0.3, 0.4) is 0 Å². The Hall–Kier alpha value is -2.22. The number of hydrogen-bond acceptors (Lipinski definition) is 4. The summed E-state index contributed by atoms with van der Waals surface area (Å²) < 4.78 is 28.1. The van der Waals surface area contributed by atoms with Gasteiger partial charge in [-0.3, -0.25) is 0 Å². The van der Waals surface area contributed by atoms with Gasteiger partial charge in [0.05, 0.1) is 22.5 Å². The summed E-state index contributed by atoms with van der Waals surface area (Å²) in [5.74, 6) is 0.898. The Balaban J connectivity index is 1.89. The summed E-state index contributed by atoms with van der Waals surface area (Å²) in [5, 5.41) is 3.50. The molecule has 0 unspecified atom stereocenters. The molecule has 2 aromatic carbocycles. The van der Waals surface area contributed by atoms with E-state index < -0.39 is 10.0 Å². The average molecular weight is 387 g/mol. The minimum atomic E-state index is -3.47. The molecule has 7 heteroatoms. The van der Waals surface area contributed by atoms with Crippen LogP contribution in [0.4, 0.5) is 0 Å². The number of rotatable bonds is 7. The van der Waals surface area contributed by atoms with Gasteiger partial charge in [-0.2, -0.15) is 0 Å². The highest BCUT2D eigenvalue weighted by Gasteiger charge is 2.19. The number of nitrogens with zero attached hydrogens (tertiary/aromatic N) is 3. The lowest BCUT2D eigenvalue weighted by Gasteiger charge is -2.14. The first-order chi connectivity index (χ1) is 12.8. The summed E-state index contributed by atoms with van der Waals surface area (Å²) in [4.78, 5) is 4.96. The van der Waals surface area contributed by atoms with Crippen molar-refractivity contribution in [2.24, 2.45) is 0 Å². The van der Waals surface area contributed by atoms with E-state index in [1.165, 1.54) is 24.0 Å². The number of benzene rings is 2. The summed E-state index contributed by atoms with van der Waals surface area (Å²) in [6.45, 7) is 5.56. The molecular weight excluding hydrogens is 360 g/mol. The van der Waals surface area contributed by atoms with Crippen LogP contribution in [-0.2, 0) is 23.1 Å². The zero-order chi connectivity index (χ0) is 19.6. The van der Waals surface area contributed by atoms with Gasteiger partial charge in [0.2, 0.25) is 10.0 Å². The Morgan fingerprint density at radius 3 is 2.48 bits per heavy atom. The number of aryl methyl sites for hydroxylation is 1. The van der Waals surface area contributed by atoms with Crippen LogP contribution < -0.4 is 5.32 Å². The molecule has 3 aromatic rings. The van der Waals surface area contributed by atoms with Gasteiger partial charge in [0, 0.05) is 26.7 Å². The first-order valence-corrected chi connectivity index (χ1v) is 10.5. The normalized spacial score (nSPS) is 13.4. The molecule has 0 radical (unpaired) electrons. The van der Waals surface area contributed by atoms with Gasteiger partial charge in [0.1, 0.15) is 5.82 Å². The average Bonchev–Trinajstić information content (AvgIpc) is 3.03. The molecule has 0 fully saturated rings. The van der Waals surface area contributed by atoms with E-state index in [-0.39, 0.29) is 10.9 Å². The van der Waals surface area contributed by atoms with E-state index in [9.17, 15) is 8.42 Å². The summed E-state index contributed by atoms with van der Waals surface area (Å²) in [7, 11) is -0.408. The lowest BCUT2D eigenvalue weighted by atomic mass is 10.1. The number of hydrogen-bond donors (Lipinski definition) is 1. The van der Waals surface area contributed by atoms with Crippen LogP contribution in [-0.4, -0.2) is 36.4 Å². The van der Waals surface area contributed by atoms with E-state index >= 15 is 0 Å². The number of imidazole rings is 1. The molecule has 0 aliphatic carbocycles. The fourth-order valence-corrected chi connectivity index (χ4v) is 4.04. The van der Waals surface area contributed by atoms with Crippen LogP contribution in [0.5, 0.6) is 0 Å². The fraction of sp³-hybridized carbons (Fsp3) is 0.350. The third-order valence-electron chi connectivity index (χ3n) is 4.76. The molecule has 0 bridgehead atoms. The number of nitrogens with one attached hydrogen (secondary N) is 1. The van der Waals surface area contributed by atoms with Gasteiger partial charge in [-0.05, 0) is 37.6 Å². The second-order valence-corrected chi connectivity index (χ2v) is 8.88. The maximum atomic E-state index is 12.4. The first kappa shape index (κ1) is 19.5. The van der Waals surface area contributed by atoms with Gasteiger partial charge >= 0.3 is 0 Å². The molecule has 3 rings (SSSR count). The van der Waals surface area contributed by atoms with E-state index in [1.807, 2.05) is 24.3 Å². The molecule has 0 aliphatic rings. The Morgan fingerprint density at radius 2 is 1.85 bits per heavy atom. The quantitative estimate of drug-likeness (QED) is 0.677. The molecule has 1 heterocycles. The molecule has 1 atom stereocenters. The monoisotopic (exact) mass is 386 g/mol. The third kappa shape index (κ3) is 3.90. The summed E-state index contributed by atoms with van der Waals surface area (Å²) in [6.07, 6.45) is 0. The summed E-state index contributed by atoms with van der Waals surface area (Å²) in [6, 6.07) is 15.6. The molecule has 0 saturated carbocycles. The molecule has 6 nitrogen and oxygen atoms in total. The lowest BCUT2D eigenvalue weighted by Crippen LogP contribution is -2.22. The van der Waals surface area contributed by atoms with E-state index in [2.05, 4.69) is 35.9 Å². The maximum absolute atomic E-state index is 12.4. The van der Waals surface area contributed by atoms with Gasteiger partial charge in [0.15, 0.2) is 0 Å². The molecule has 1 aromatic heterocycles. The number of aromatic nitrogens is 2. The van der Waals surface area contributed by atoms with Crippen LogP contribution in [0.2, 0.25) is 0 Å². The molecule has 27 heavy (non-hydrogen) atoms. The van der Waals surface area contributed by atoms with Crippen LogP contribution >= 0.6 is 0 Å². The van der Waals surface area contributed by atoms with Crippen molar-refractivity contribution in [3.63, 3.8) is 0 Å². The van der Waals surface area contributed by atoms with E-state index in [1.54, 1.807) is 12.1 Å². The van der Waals surface area contributed by atoms with E-state index in [0.717, 1.165) is 17.9 Å². The maximum Gasteiger partial charge on any atom is 0.242 e. The molecule has 0 aliphatic heterocycles. The predicted molar refractivity (Wildman–Crippen MR) is 108 cm³/mol. The highest BCUT2D eigenvalue weighted by atomic mass is 32.2. The topological polar surface area (TPSA) is 67.2 Å². The largest absolute Gasteiger partial charge is 0.327 e. The van der Waals surface area contributed by atoms with E-state index in [0.29, 0.717) is 12.1 Å². The Labute approximate surface area is 160 Å². The third-order valence-corrected chi connectivity index (χ3v) is 6.57. The first-order valence-electron chi connectivity index (χ1n) is 9.04. The lowest BCUT2D eigenvalue weighted by molar-refractivity contribution is 0.521. The molecule has 0 amide bonds. The molecule has 1 N–H and O–H groups in total. The SMILES string of the molecule is CCn1c(CN[C@H](C)c2ccccc2)nc2cc(S(=O)(=O)N(C)C)ccc21. The number of fused-ring (bicyclic) bond motifs is 1. The Morgan fingerprint density at radius 1 is 1.15 bits per heavy atom. The zero-order valence-electron chi connectivity index (χ0n) is 16.2. The van der Waals surface area contributed by atoms with Gasteiger partial charge in [0.25, 0.3) is 0 Å². The Bertz CT molecular complexity index is 1030. The van der Waals surface area contributed by atoms with Crippen molar-refractivity contribution >= 4 is 21.1 Å². The summed E-state index contributed by atoms with van der Waals surface area (Å²) >= 11 is 0. The van der Waals surface area contributed by atoms with Gasteiger partial charge in [-0.25, -0.2) is 17.7 Å². The second kappa shape index (κ2) is 7.80. The summed E-state index contributed by atoms with van der Waals surface area (Å²) in [5.41, 5.74) is 2.86. The second-order valence-electron chi connectivity index (χ2n) is 6.72. The van der Waals surface area contributed by atoms with Crippen LogP contribution in [0.1, 0.15) is 31.3 Å². The van der Waals surface area contributed by atoms with Crippen molar-refractivity contribution in [3.05, 3.63) is 59.9 Å². The van der Waals surface area contributed by atoms with Crippen molar-refractivity contribution < 1.29 is 8.42 Å². The van der Waals surface area contributed by atoms with Crippen molar-refractivity contribution in [3.8, 4) is 0 Å². The van der Waals surface area contributed by atoms with Crippen molar-refractivity contribution in [1.29, 1.82) is 0 Å². The fourth-order valence-electron chi connectivity index (χ4n) is 3.12. The van der Waals surface area contributed by atoms with Crippen LogP contribution in [0, 0.1) is 0 Å². The standard InChI is InChI=1S/C20H26N4O2S/c1-5-24-19-12-11-17(27(25,26)23(3)4)13-18(19)22-20(24)14-21-15(2)16-9-7-6-8-10-16/h6-13,15,21H,5,14H2,1-4H3/t15-/m1/s1. The van der Waals surface area contributed by atoms with Crippen LogP contribution in [0.15, 0.2) is 53.4 Å².